The number of likely N-dealkylation sites (N-methyl/N-ethyl adjacent to an activating group) is 1. The average Bonchev–Trinajstić information content (AvgIpc) is 2.91. The molecular formula is C29H29F6N3O3. The number of hydrogen-bond acceptors (Lipinski definition) is 5. The van der Waals surface area contributed by atoms with Crippen LogP contribution in [0.5, 0.6) is 0 Å². The maximum absolute atomic E-state index is 13.9. The zero-order valence-electron chi connectivity index (χ0n) is 22.8. The van der Waals surface area contributed by atoms with Crippen LogP contribution in [0, 0.1) is 6.92 Å². The molecule has 220 valence electrons. The summed E-state index contributed by atoms with van der Waals surface area (Å²) in [6, 6.07) is 10.2. The minimum absolute atomic E-state index is 0.0345. The third kappa shape index (κ3) is 6.18. The van der Waals surface area contributed by atoms with Gasteiger partial charge in [0.2, 0.25) is 5.91 Å². The summed E-state index contributed by atoms with van der Waals surface area (Å²) in [6.07, 6.45) is -9.65. The summed E-state index contributed by atoms with van der Waals surface area (Å²) in [7, 11) is 1.39. The lowest BCUT2D eigenvalue weighted by atomic mass is 9.81. The predicted molar refractivity (Wildman–Crippen MR) is 141 cm³/mol. The van der Waals surface area contributed by atoms with E-state index in [0.717, 1.165) is 11.1 Å². The highest BCUT2D eigenvalue weighted by Crippen LogP contribution is 2.41. The van der Waals surface area contributed by atoms with Crippen LogP contribution in [0.25, 0.3) is 11.1 Å². The topological polar surface area (TPSA) is 65.9 Å². The molecule has 1 saturated heterocycles. The molecule has 2 heterocycles. The van der Waals surface area contributed by atoms with Crippen molar-refractivity contribution in [2.24, 2.45) is 0 Å². The van der Waals surface area contributed by atoms with E-state index < -0.39 is 46.6 Å². The average molecular weight is 582 g/mol. The van der Waals surface area contributed by atoms with Gasteiger partial charge in [-0.05, 0) is 61.7 Å². The van der Waals surface area contributed by atoms with E-state index in [9.17, 15) is 36.2 Å². The molecular weight excluding hydrogens is 552 g/mol. The monoisotopic (exact) mass is 581 g/mol. The summed E-state index contributed by atoms with van der Waals surface area (Å²) in [5.41, 5.74) is -2.83. The van der Waals surface area contributed by atoms with Gasteiger partial charge in [-0.1, -0.05) is 24.3 Å². The number of carbonyl (C=O) groups excluding carboxylic acids is 1. The third-order valence-electron chi connectivity index (χ3n) is 7.21. The van der Waals surface area contributed by atoms with Crippen molar-refractivity contribution in [3.05, 3.63) is 77.0 Å². The van der Waals surface area contributed by atoms with E-state index in [1.54, 1.807) is 17.0 Å². The number of benzene rings is 2. The predicted octanol–water partition coefficient (Wildman–Crippen LogP) is 6.19. The highest BCUT2D eigenvalue weighted by atomic mass is 19.4. The number of nitrogens with zero attached hydrogens (tertiary/aromatic N) is 3. The lowest BCUT2D eigenvalue weighted by Gasteiger charge is -2.34. The van der Waals surface area contributed by atoms with Gasteiger partial charge in [0, 0.05) is 19.2 Å². The molecule has 1 atom stereocenters. The van der Waals surface area contributed by atoms with Gasteiger partial charge in [0.05, 0.1) is 41.6 Å². The first kappa shape index (κ1) is 30.3. The van der Waals surface area contributed by atoms with E-state index in [1.807, 2.05) is 25.1 Å². The summed E-state index contributed by atoms with van der Waals surface area (Å²) in [5.74, 6) is -0.337. The SMILES string of the molecule is Cc1ccccc1-c1cc(N2CCOCC2O)ncc1N(C)C(=O)C(C)(C)c1cc(C(F)(F)F)cc(C(F)(F)F)c1. The van der Waals surface area contributed by atoms with E-state index in [1.165, 1.54) is 32.0 Å². The van der Waals surface area contributed by atoms with Crippen molar-refractivity contribution < 1.29 is 41.0 Å². The molecule has 0 radical (unpaired) electrons. The molecule has 6 nitrogen and oxygen atoms in total. The van der Waals surface area contributed by atoms with Crippen molar-refractivity contribution in [3.8, 4) is 11.1 Å². The Kier molecular flexibility index (Phi) is 8.12. The van der Waals surface area contributed by atoms with E-state index in [2.05, 4.69) is 4.98 Å². The fourth-order valence-corrected chi connectivity index (χ4v) is 4.78. The van der Waals surface area contributed by atoms with Gasteiger partial charge in [-0.2, -0.15) is 26.3 Å². The van der Waals surface area contributed by atoms with Gasteiger partial charge >= 0.3 is 12.4 Å². The fourth-order valence-electron chi connectivity index (χ4n) is 4.78. The highest BCUT2D eigenvalue weighted by Gasteiger charge is 2.41. The van der Waals surface area contributed by atoms with Gasteiger partial charge in [-0.15, -0.1) is 0 Å². The Morgan fingerprint density at radius 1 is 0.976 bits per heavy atom. The number of aliphatic hydroxyl groups is 1. The minimum atomic E-state index is -5.05. The molecule has 1 aliphatic rings. The summed E-state index contributed by atoms with van der Waals surface area (Å²) < 4.78 is 86.6. The van der Waals surface area contributed by atoms with Crippen molar-refractivity contribution in [1.29, 1.82) is 0 Å². The van der Waals surface area contributed by atoms with Crippen LogP contribution in [0.2, 0.25) is 0 Å². The smallest absolute Gasteiger partial charge is 0.375 e. The summed E-state index contributed by atoms with van der Waals surface area (Å²) in [5, 5.41) is 10.4. The molecule has 0 spiro atoms. The maximum atomic E-state index is 13.9. The van der Waals surface area contributed by atoms with Crippen LogP contribution in [-0.4, -0.2) is 49.0 Å². The third-order valence-corrected chi connectivity index (χ3v) is 7.21. The second kappa shape index (κ2) is 11.0. The molecule has 4 rings (SSSR count). The molecule has 0 aliphatic carbocycles. The Labute approximate surface area is 233 Å². The Morgan fingerprint density at radius 3 is 2.12 bits per heavy atom. The number of rotatable bonds is 5. The zero-order valence-corrected chi connectivity index (χ0v) is 22.8. The van der Waals surface area contributed by atoms with Crippen LogP contribution in [0.15, 0.2) is 54.7 Å². The van der Waals surface area contributed by atoms with Gasteiger partial charge in [0.25, 0.3) is 0 Å². The molecule has 1 aliphatic heterocycles. The number of ether oxygens (including phenoxy) is 1. The Balaban J connectivity index is 1.82. The van der Waals surface area contributed by atoms with Gasteiger partial charge in [0.15, 0.2) is 6.23 Å². The number of aliphatic hydroxyl groups excluding tert-OH is 1. The molecule has 0 bridgehead atoms. The molecule has 0 saturated carbocycles. The maximum Gasteiger partial charge on any atom is 0.416 e. The number of alkyl halides is 6. The van der Waals surface area contributed by atoms with E-state index >= 15 is 0 Å². The molecule has 1 N–H and O–H groups in total. The largest absolute Gasteiger partial charge is 0.416 e. The van der Waals surface area contributed by atoms with E-state index in [4.69, 9.17) is 4.74 Å². The quantitative estimate of drug-likeness (QED) is 0.364. The van der Waals surface area contributed by atoms with Crippen LogP contribution >= 0.6 is 0 Å². The number of aryl methyl sites for hydroxylation is 1. The van der Waals surface area contributed by atoms with Crippen LogP contribution in [0.4, 0.5) is 37.8 Å². The number of aromatic nitrogens is 1. The molecule has 2 aromatic carbocycles. The second-order valence-corrected chi connectivity index (χ2v) is 10.4. The van der Waals surface area contributed by atoms with Crippen molar-refractivity contribution in [2.75, 3.05) is 36.6 Å². The zero-order chi connectivity index (χ0) is 30.3. The minimum Gasteiger partial charge on any atom is -0.375 e. The van der Waals surface area contributed by atoms with Crippen LogP contribution in [0.3, 0.4) is 0 Å². The van der Waals surface area contributed by atoms with Crippen LogP contribution in [0.1, 0.15) is 36.1 Å². The number of halogens is 6. The van der Waals surface area contributed by atoms with Gasteiger partial charge in [0.1, 0.15) is 5.82 Å². The number of hydrogen-bond donors (Lipinski definition) is 1. The number of anilines is 2. The molecule has 41 heavy (non-hydrogen) atoms. The lowest BCUT2D eigenvalue weighted by Crippen LogP contribution is -2.46. The van der Waals surface area contributed by atoms with Crippen molar-refractivity contribution >= 4 is 17.4 Å². The van der Waals surface area contributed by atoms with Gasteiger partial charge < -0.3 is 19.6 Å². The Morgan fingerprint density at radius 2 is 1.56 bits per heavy atom. The number of amides is 1. The van der Waals surface area contributed by atoms with E-state index in [-0.39, 0.29) is 18.4 Å². The second-order valence-electron chi connectivity index (χ2n) is 10.4. The molecule has 1 aromatic heterocycles. The Hall–Kier alpha value is -3.64. The van der Waals surface area contributed by atoms with Crippen LogP contribution in [-0.2, 0) is 27.3 Å². The first-order valence-electron chi connectivity index (χ1n) is 12.7. The summed E-state index contributed by atoms with van der Waals surface area (Å²) in [4.78, 5) is 21.1. The standard InChI is InChI=1S/C29H29F6N3O3/c1-17-7-5-6-8-21(17)22-14-24(38-9-10-41-16-25(38)39)36-15-23(22)37(4)26(40)27(2,3)18-11-19(28(30,31)32)13-20(12-18)29(33,34)35/h5-8,11-15,25,39H,9-10,16H2,1-4H3. The molecule has 1 unspecified atom stereocenters. The van der Waals surface area contributed by atoms with Crippen LogP contribution < -0.4 is 9.80 Å². The van der Waals surface area contributed by atoms with Crippen molar-refractivity contribution in [1.82, 2.24) is 4.98 Å². The van der Waals surface area contributed by atoms with Crippen molar-refractivity contribution in [3.63, 3.8) is 0 Å². The number of carbonyl (C=O) groups is 1. The van der Waals surface area contributed by atoms with Gasteiger partial charge in [-0.3, -0.25) is 4.79 Å². The Bertz CT molecular complexity index is 1410. The molecule has 1 amide bonds. The first-order valence-corrected chi connectivity index (χ1v) is 12.7. The summed E-state index contributed by atoms with van der Waals surface area (Å²) in [6.45, 7) is 5.22. The summed E-state index contributed by atoms with van der Waals surface area (Å²) >= 11 is 0. The van der Waals surface area contributed by atoms with E-state index in [0.29, 0.717) is 36.7 Å². The fraction of sp³-hybridized carbons (Fsp3) is 0.379. The lowest BCUT2D eigenvalue weighted by molar-refractivity contribution is -0.143. The highest BCUT2D eigenvalue weighted by molar-refractivity contribution is 6.03. The number of pyridine rings is 1. The van der Waals surface area contributed by atoms with Gasteiger partial charge in [-0.25, -0.2) is 4.98 Å². The van der Waals surface area contributed by atoms with Crippen molar-refractivity contribution in [2.45, 2.75) is 44.8 Å². The molecule has 12 heteroatoms. The number of morpholine rings is 1. The normalized spacial score (nSPS) is 16.6. The molecule has 3 aromatic rings. The molecule has 1 fully saturated rings. The first-order chi connectivity index (χ1) is 19.0.